The van der Waals surface area contributed by atoms with Crippen LogP contribution in [0.25, 0.3) is 0 Å². The molecule has 0 spiro atoms. The van der Waals surface area contributed by atoms with Gasteiger partial charge in [0.15, 0.2) is 0 Å². The van der Waals surface area contributed by atoms with Gasteiger partial charge in [0.05, 0.1) is 6.10 Å². The highest BCUT2D eigenvalue weighted by atomic mass is 32.2. The zero-order valence-electron chi connectivity index (χ0n) is 10.6. The first kappa shape index (κ1) is 13.6. The summed E-state index contributed by atoms with van der Waals surface area (Å²) in [4.78, 5) is 0. The van der Waals surface area contributed by atoms with Crippen molar-refractivity contribution < 1.29 is 5.11 Å². The first-order chi connectivity index (χ1) is 7.50. The van der Waals surface area contributed by atoms with E-state index in [0.29, 0.717) is 11.2 Å². The van der Waals surface area contributed by atoms with Gasteiger partial charge in [-0.15, -0.1) is 0 Å². The molecular weight excluding hydrogens is 216 g/mol. The third kappa shape index (κ3) is 4.18. The smallest absolute Gasteiger partial charge is 0.0628 e. The predicted octanol–water partition coefficient (Wildman–Crippen LogP) is 3.81. The number of aliphatic hydroxyl groups is 1. The van der Waals surface area contributed by atoms with E-state index in [0.717, 1.165) is 5.75 Å². The summed E-state index contributed by atoms with van der Waals surface area (Å²) in [5, 5.41) is 9.69. The highest BCUT2D eigenvalue weighted by Crippen LogP contribution is 2.21. The number of rotatable bonds is 5. The van der Waals surface area contributed by atoms with E-state index >= 15 is 0 Å². The quantitative estimate of drug-likeness (QED) is 0.841. The van der Waals surface area contributed by atoms with Crippen LogP contribution in [-0.4, -0.2) is 16.5 Å². The maximum atomic E-state index is 9.39. The molecule has 1 aromatic rings. The molecule has 0 aliphatic carbocycles. The number of hydrogen-bond donors (Lipinski definition) is 1. The number of thioether (sulfide) groups is 1. The van der Waals surface area contributed by atoms with Crippen molar-refractivity contribution in [1.82, 2.24) is 0 Å². The highest BCUT2D eigenvalue weighted by Gasteiger charge is 2.09. The molecule has 1 rings (SSSR count). The molecule has 0 saturated heterocycles. The fourth-order valence-electron chi connectivity index (χ4n) is 1.37. The van der Waals surface area contributed by atoms with Gasteiger partial charge in [0.25, 0.3) is 0 Å². The van der Waals surface area contributed by atoms with Gasteiger partial charge in [-0.3, -0.25) is 0 Å². The second-order valence-corrected chi connectivity index (χ2v) is 6.02. The zero-order chi connectivity index (χ0) is 12.1. The monoisotopic (exact) mass is 238 g/mol. The Morgan fingerprint density at radius 3 is 2.06 bits per heavy atom. The molecule has 1 N–H and O–H groups in total. The van der Waals surface area contributed by atoms with Crippen molar-refractivity contribution in [3.05, 3.63) is 35.4 Å². The Morgan fingerprint density at radius 1 is 1.06 bits per heavy atom. The largest absolute Gasteiger partial charge is 0.392 e. The molecule has 0 radical (unpaired) electrons. The second kappa shape index (κ2) is 6.31. The summed E-state index contributed by atoms with van der Waals surface area (Å²) in [7, 11) is 0. The van der Waals surface area contributed by atoms with E-state index in [4.69, 9.17) is 0 Å². The lowest BCUT2D eigenvalue weighted by atomic mass is 10.0. The molecule has 1 aromatic carbocycles. The normalized spacial score (nSPS) is 15.1. The van der Waals surface area contributed by atoms with Crippen molar-refractivity contribution >= 4 is 11.8 Å². The van der Waals surface area contributed by atoms with Gasteiger partial charge in [-0.25, -0.2) is 0 Å². The Morgan fingerprint density at radius 2 is 1.62 bits per heavy atom. The molecule has 2 heteroatoms. The lowest BCUT2D eigenvalue weighted by molar-refractivity contribution is 0.196. The number of aliphatic hydroxyl groups excluding tert-OH is 1. The van der Waals surface area contributed by atoms with E-state index in [-0.39, 0.29) is 6.10 Å². The summed E-state index contributed by atoms with van der Waals surface area (Å²) in [6.07, 6.45) is -0.236. The maximum Gasteiger partial charge on any atom is 0.0628 e. The molecule has 2 unspecified atom stereocenters. The summed E-state index contributed by atoms with van der Waals surface area (Å²) < 4.78 is 0. The Hall–Kier alpha value is -0.470. The molecule has 2 atom stereocenters. The molecule has 0 amide bonds. The van der Waals surface area contributed by atoms with Crippen LogP contribution >= 0.6 is 11.8 Å². The molecular formula is C14H22OS. The first-order valence-electron chi connectivity index (χ1n) is 5.89. The molecule has 0 fully saturated rings. The zero-order valence-corrected chi connectivity index (χ0v) is 11.4. The molecule has 0 aliphatic rings. The summed E-state index contributed by atoms with van der Waals surface area (Å²) in [5.41, 5.74) is 2.72. The number of benzene rings is 1. The van der Waals surface area contributed by atoms with Crippen LogP contribution in [0.5, 0.6) is 0 Å². The second-order valence-electron chi connectivity index (χ2n) is 4.65. The van der Waals surface area contributed by atoms with E-state index in [1.165, 1.54) is 11.1 Å². The average Bonchev–Trinajstić information content (AvgIpc) is 2.26. The predicted molar refractivity (Wildman–Crippen MR) is 73.0 cm³/mol. The van der Waals surface area contributed by atoms with Gasteiger partial charge < -0.3 is 5.11 Å². The molecule has 0 heterocycles. The Balaban J connectivity index is 2.49. The molecule has 16 heavy (non-hydrogen) atoms. The molecule has 90 valence electrons. The van der Waals surface area contributed by atoms with E-state index < -0.39 is 0 Å². The topological polar surface area (TPSA) is 20.2 Å². The van der Waals surface area contributed by atoms with Crippen LogP contribution in [0.2, 0.25) is 0 Å². The van der Waals surface area contributed by atoms with Gasteiger partial charge in [-0.05, 0) is 24.0 Å². The molecule has 0 bridgehead atoms. The van der Waals surface area contributed by atoms with Gasteiger partial charge in [0.1, 0.15) is 0 Å². The van der Waals surface area contributed by atoms with Crippen molar-refractivity contribution in [3.63, 3.8) is 0 Å². The van der Waals surface area contributed by atoms with Gasteiger partial charge in [0.2, 0.25) is 0 Å². The van der Waals surface area contributed by atoms with E-state index in [1.54, 1.807) is 11.8 Å². The van der Waals surface area contributed by atoms with Crippen molar-refractivity contribution in [2.24, 2.45) is 0 Å². The van der Waals surface area contributed by atoms with Gasteiger partial charge in [-0.1, -0.05) is 45.0 Å². The van der Waals surface area contributed by atoms with Crippen molar-refractivity contribution in [2.45, 2.75) is 50.7 Å². The van der Waals surface area contributed by atoms with Crippen molar-refractivity contribution in [2.75, 3.05) is 0 Å². The van der Waals surface area contributed by atoms with Crippen LogP contribution in [0.1, 0.15) is 44.7 Å². The Bertz CT molecular complexity index is 303. The summed E-state index contributed by atoms with van der Waals surface area (Å²) in [5.74, 6) is 1.57. The SMILES string of the molecule is CC(C)c1ccc(CSC(C)C(C)O)cc1. The fourth-order valence-corrected chi connectivity index (χ4v) is 2.29. The molecule has 1 nitrogen and oxygen atoms in total. The minimum atomic E-state index is -0.236. The van der Waals surface area contributed by atoms with Crippen LogP contribution < -0.4 is 0 Å². The summed E-state index contributed by atoms with van der Waals surface area (Å²) in [6, 6.07) is 8.79. The lowest BCUT2D eigenvalue weighted by Gasteiger charge is -2.14. The lowest BCUT2D eigenvalue weighted by Crippen LogP contribution is -2.15. The van der Waals surface area contributed by atoms with Gasteiger partial charge in [-0.2, -0.15) is 11.8 Å². The Kier molecular flexibility index (Phi) is 5.36. The average molecular weight is 238 g/mol. The fraction of sp³-hybridized carbons (Fsp3) is 0.571. The van der Waals surface area contributed by atoms with Crippen LogP contribution in [0.4, 0.5) is 0 Å². The maximum absolute atomic E-state index is 9.39. The Labute approximate surface area is 103 Å². The summed E-state index contributed by atoms with van der Waals surface area (Å²) >= 11 is 1.80. The van der Waals surface area contributed by atoms with Gasteiger partial charge in [0, 0.05) is 11.0 Å². The number of hydrogen-bond acceptors (Lipinski definition) is 2. The molecule has 0 aliphatic heterocycles. The van der Waals surface area contributed by atoms with Crippen LogP contribution in [-0.2, 0) is 5.75 Å². The van der Waals surface area contributed by atoms with Crippen LogP contribution in [0, 0.1) is 0 Å². The summed E-state index contributed by atoms with van der Waals surface area (Å²) in [6.45, 7) is 8.33. The van der Waals surface area contributed by atoms with Crippen LogP contribution in [0.3, 0.4) is 0 Å². The standard InChI is InChI=1S/C14H22OS/c1-10(2)14-7-5-13(6-8-14)9-16-12(4)11(3)15/h5-8,10-12,15H,9H2,1-4H3. The molecule has 0 aromatic heterocycles. The first-order valence-corrected chi connectivity index (χ1v) is 6.94. The van der Waals surface area contributed by atoms with Gasteiger partial charge >= 0.3 is 0 Å². The highest BCUT2D eigenvalue weighted by molar-refractivity contribution is 7.99. The molecule has 0 saturated carbocycles. The van der Waals surface area contributed by atoms with Crippen LogP contribution in [0.15, 0.2) is 24.3 Å². The van der Waals surface area contributed by atoms with E-state index in [1.807, 2.05) is 6.92 Å². The minimum absolute atomic E-state index is 0.236. The van der Waals surface area contributed by atoms with E-state index in [2.05, 4.69) is 45.0 Å². The van der Waals surface area contributed by atoms with E-state index in [9.17, 15) is 5.11 Å². The third-order valence-electron chi connectivity index (χ3n) is 2.84. The van der Waals surface area contributed by atoms with Crippen molar-refractivity contribution in [3.8, 4) is 0 Å². The third-order valence-corrected chi connectivity index (χ3v) is 4.26. The minimum Gasteiger partial charge on any atom is -0.392 e. The van der Waals surface area contributed by atoms with Crippen molar-refractivity contribution in [1.29, 1.82) is 0 Å².